The number of carbonyl (C=O) groups excluding carboxylic acids is 1. The Kier molecular flexibility index (Phi) is 5.15. The average molecular weight is 305 g/mol. The Labute approximate surface area is 106 Å². The summed E-state index contributed by atoms with van der Waals surface area (Å²) in [6.45, 7) is 3.64. The molecule has 0 aliphatic carbocycles. The fourth-order valence-corrected chi connectivity index (χ4v) is 2.80. The van der Waals surface area contributed by atoms with Crippen LogP contribution in [0.3, 0.4) is 0 Å². The molecule has 2 unspecified atom stereocenters. The van der Waals surface area contributed by atoms with Gasteiger partial charge in [0.2, 0.25) is 0 Å². The normalized spacial score (nSPS) is 14.2. The van der Waals surface area contributed by atoms with E-state index in [1.165, 1.54) is 0 Å². The molecule has 0 spiro atoms. The zero-order valence-corrected chi connectivity index (χ0v) is 11.5. The maximum atomic E-state index is 12.0. The van der Waals surface area contributed by atoms with Crippen molar-refractivity contribution < 1.29 is 13.7 Å². The summed E-state index contributed by atoms with van der Waals surface area (Å²) in [6, 6.07) is 7.10. The molecule has 5 heteroatoms. The van der Waals surface area contributed by atoms with Crippen molar-refractivity contribution in [1.82, 2.24) is 0 Å². The lowest BCUT2D eigenvalue weighted by Gasteiger charge is -2.10. The lowest BCUT2D eigenvalue weighted by molar-refractivity contribution is -0.142. The number of benzene rings is 1. The van der Waals surface area contributed by atoms with Crippen molar-refractivity contribution in [3.05, 3.63) is 28.7 Å². The fraction of sp³-hybridized carbons (Fsp3) is 0.364. The molecule has 0 saturated heterocycles. The van der Waals surface area contributed by atoms with Gasteiger partial charge in [-0.25, -0.2) is 0 Å². The molecule has 0 radical (unpaired) electrons. The third-order valence-corrected chi connectivity index (χ3v) is 4.01. The maximum Gasteiger partial charge on any atom is 0.321 e. The standard InChI is InChI=1S/C11H13BrO3S/c1-3-15-11(13)8(2)16(14)10-6-4-5-9(12)7-10/h4-8H,3H2,1-2H3. The highest BCUT2D eigenvalue weighted by Gasteiger charge is 2.22. The van der Waals surface area contributed by atoms with Crippen molar-refractivity contribution in [1.29, 1.82) is 0 Å². The van der Waals surface area contributed by atoms with E-state index in [0.29, 0.717) is 11.5 Å². The van der Waals surface area contributed by atoms with Crippen LogP contribution in [-0.2, 0) is 20.3 Å². The molecule has 1 aromatic carbocycles. The number of esters is 1. The van der Waals surface area contributed by atoms with Crippen molar-refractivity contribution in [2.24, 2.45) is 0 Å². The Balaban J connectivity index is 2.82. The van der Waals surface area contributed by atoms with Gasteiger partial charge in [0, 0.05) is 9.37 Å². The van der Waals surface area contributed by atoms with Crippen molar-refractivity contribution in [2.75, 3.05) is 6.61 Å². The summed E-state index contributed by atoms with van der Waals surface area (Å²) in [5, 5.41) is -0.644. The first-order valence-electron chi connectivity index (χ1n) is 4.89. The second-order valence-electron chi connectivity index (χ2n) is 3.15. The molecule has 0 amide bonds. The molecule has 16 heavy (non-hydrogen) atoms. The number of halogens is 1. The van der Waals surface area contributed by atoms with Gasteiger partial charge in [-0.1, -0.05) is 22.0 Å². The van der Waals surface area contributed by atoms with Gasteiger partial charge in [0.1, 0.15) is 5.25 Å². The van der Waals surface area contributed by atoms with Crippen LogP contribution in [0.4, 0.5) is 0 Å². The van der Waals surface area contributed by atoms with Crippen molar-refractivity contribution in [3.8, 4) is 0 Å². The molecule has 2 atom stereocenters. The summed E-state index contributed by atoms with van der Waals surface area (Å²) >= 11 is 3.30. The van der Waals surface area contributed by atoms with E-state index in [-0.39, 0.29) is 0 Å². The van der Waals surface area contributed by atoms with Crippen LogP contribution in [0.25, 0.3) is 0 Å². The monoisotopic (exact) mass is 304 g/mol. The van der Waals surface area contributed by atoms with Crippen molar-refractivity contribution in [2.45, 2.75) is 24.0 Å². The number of carbonyl (C=O) groups is 1. The van der Waals surface area contributed by atoms with E-state index in [0.717, 1.165) is 4.47 Å². The van der Waals surface area contributed by atoms with Gasteiger partial charge >= 0.3 is 5.97 Å². The van der Waals surface area contributed by atoms with Gasteiger partial charge in [-0.3, -0.25) is 9.00 Å². The highest BCUT2D eigenvalue weighted by atomic mass is 79.9. The number of hydrogen-bond acceptors (Lipinski definition) is 3. The molecule has 0 aliphatic rings. The lowest BCUT2D eigenvalue weighted by Crippen LogP contribution is -2.25. The zero-order valence-electron chi connectivity index (χ0n) is 9.10. The van der Waals surface area contributed by atoms with Gasteiger partial charge in [-0.2, -0.15) is 0 Å². The largest absolute Gasteiger partial charge is 0.465 e. The molecule has 0 aromatic heterocycles. The fourth-order valence-electron chi connectivity index (χ4n) is 1.14. The molecule has 1 aromatic rings. The van der Waals surface area contributed by atoms with Crippen LogP contribution in [0.2, 0.25) is 0 Å². The third-order valence-electron chi connectivity index (χ3n) is 1.97. The molecule has 1 rings (SSSR count). The van der Waals surface area contributed by atoms with Crippen LogP contribution in [0.15, 0.2) is 33.6 Å². The summed E-state index contributed by atoms with van der Waals surface area (Å²) in [4.78, 5) is 12.0. The molecule has 0 N–H and O–H groups in total. The van der Waals surface area contributed by atoms with Crippen LogP contribution in [0, 0.1) is 0 Å². The summed E-state index contributed by atoms with van der Waals surface area (Å²) in [6.07, 6.45) is 0. The molecule has 0 saturated carbocycles. The summed E-state index contributed by atoms with van der Waals surface area (Å²) < 4.78 is 17.7. The van der Waals surface area contributed by atoms with Crippen LogP contribution in [0.5, 0.6) is 0 Å². The molecule has 88 valence electrons. The highest BCUT2D eigenvalue weighted by molar-refractivity contribution is 9.10. The SMILES string of the molecule is CCOC(=O)C(C)S(=O)c1cccc(Br)c1. The van der Waals surface area contributed by atoms with Crippen LogP contribution in [-0.4, -0.2) is 22.0 Å². The summed E-state index contributed by atoms with van der Waals surface area (Å²) in [5.74, 6) is -0.430. The summed E-state index contributed by atoms with van der Waals surface area (Å²) in [5.41, 5.74) is 0. The Bertz CT molecular complexity index is 406. The first-order valence-corrected chi connectivity index (χ1v) is 6.89. The van der Waals surface area contributed by atoms with Crippen molar-refractivity contribution in [3.63, 3.8) is 0 Å². The minimum atomic E-state index is -1.37. The molecule has 3 nitrogen and oxygen atoms in total. The lowest BCUT2D eigenvalue weighted by atomic mass is 10.4. The average Bonchev–Trinajstić information content (AvgIpc) is 2.27. The second-order valence-corrected chi connectivity index (χ2v) is 5.84. The third kappa shape index (κ3) is 3.42. The topological polar surface area (TPSA) is 43.4 Å². The van der Waals surface area contributed by atoms with Gasteiger partial charge in [0.25, 0.3) is 0 Å². The molecular weight excluding hydrogens is 292 g/mol. The molecule has 0 fully saturated rings. The molecule has 0 bridgehead atoms. The highest BCUT2D eigenvalue weighted by Crippen LogP contribution is 2.17. The van der Waals surface area contributed by atoms with E-state index in [1.807, 2.05) is 6.07 Å². The van der Waals surface area contributed by atoms with Gasteiger partial charge < -0.3 is 4.74 Å². The predicted octanol–water partition coefficient (Wildman–Crippen LogP) is 2.51. The smallest absolute Gasteiger partial charge is 0.321 e. The molecular formula is C11H13BrO3S. The Morgan fingerprint density at radius 2 is 2.25 bits per heavy atom. The Hall–Kier alpha value is -0.680. The molecule has 0 aliphatic heterocycles. The van der Waals surface area contributed by atoms with Crippen molar-refractivity contribution >= 4 is 32.7 Å². The van der Waals surface area contributed by atoms with Crippen LogP contribution >= 0.6 is 15.9 Å². The van der Waals surface area contributed by atoms with Gasteiger partial charge in [0.05, 0.1) is 17.4 Å². The Morgan fingerprint density at radius 1 is 1.56 bits per heavy atom. The number of hydrogen-bond donors (Lipinski definition) is 0. The number of rotatable bonds is 4. The van der Waals surface area contributed by atoms with Crippen LogP contribution < -0.4 is 0 Å². The zero-order chi connectivity index (χ0) is 12.1. The molecule has 0 heterocycles. The van der Waals surface area contributed by atoms with E-state index in [4.69, 9.17) is 4.74 Å². The quantitative estimate of drug-likeness (QED) is 0.803. The van der Waals surface area contributed by atoms with E-state index in [2.05, 4.69) is 15.9 Å². The summed E-state index contributed by atoms with van der Waals surface area (Å²) in [7, 11) is -1.37. The minimum Gasteiger partial charge on any atom is -0.465 e. The number of ether oxygens (including phenoxy) is 1. The first kappa shape index (κ1) is 13.4. The van der Waals surface area contributed by atoms with E-state index in [1.54, 1.807) is 32.0 Å². The Morgan fingerprint density at radius 3 is 2.81 bits per heavy atom. The van der Waals surface area contributed by atoms with Crippen LogP contribution in [0.1, 0.15) is 13.8 Å². The van der Waals surface area contributed by atoms with Gasteiger partial charge in [-0.15, -0.1) is 0 Å². The van der Waals surface area contributed by atoms with E-state index >= 15 is 0 Å². The van der Waals surface area contributed by atoms with E-state index < -0.39 is 22.0 Å². The van der Waals surface area contributed by atoms with Gasteiger partial charge in [-0.05, 0) is 32.0 Å². The minimum absolute atomic E-state index is 0.304. The van der Waals surface area contributed by atoms with Gasteiger partial charge in [0.15, 0.2) is 0 Å². The van der Waals surface area contributed by atoms with E-state index in [9.17, 15) is 9.00 Å². The maximum absolute atomic E-state index is 12.0. The first-order chi connectivity index (χ1) is 7.56. The second kappa shape index (κ2) is 6.15. The predicted molar refractivity (Wildman–Crippen MR) is 66.6 cm³/mol.